The van der Waals surface area contributed by atoms with E-state index in [4.69, 9.17) is 40.2 Å². The molecular formula is C14H12Cl2N2OS. The number of rotatable bonds is 3. The van der Waals surface area contributed by atoms with Crippen LogP contribution in [-0.2, 0) is 0 Å². The van der Waals surface area contributed by atoms with E-state index in [2.05, 4.69) is 10.6 Å². The van der Waals surface area contributed by atoms with Crippen molar-refractivity contribution < 1.29 is 4.74 Å². The van der Waals surface area contributed by atoms with Gasteiger partial charge in [-0.3, -0.25) is 0 Å². The zero-order chi connectivity index (χ0) is 14.5. The van der Waals surface area contributed by atoms with Crippen molar-refractivity contribution >= 4 is 51.9 Å². The Bertz CT molecular complexity index is 634. The molecule has 2 aromatic rings. The van der Waals surface area contributed by atoms with Crippen LogP contribution in [0.25, 0.3) is 0 Å². The Kier molecular flexibility index (Phi) is 5.06. The van der Waals surface area contributed by atoms with Gasteiger partial charge in [-0.15, -0.1) is 0 Å². The first kappa shape index (κ1) is 14.9. The summed E-state index contributed by atoms with van der Waals surface area (Å²) in [4.78, 5) is 0. The third-order valence-electron chi connectivity index (χ3n) is 2.51. The number of ether oxygens (including phenoxy) is 1. The third-order valence-corrected chi connectivity index (χ3v) is 3.26. The van der Waals surface area contributed by atoms with Crippen LogP contribution in [0.4, 0.5) is 11.4 Å². The Labute approximate surface area is 132 Å². The maximum Gasteiger partial charge on any atom is 0.175 e. The molecule has 0 amide bonds. The molecule has 0 fully saturated rings. The highest BCUT2D eigenvalue weighted by Crippen LogP contribution is 2.25. The van der Waals surface area contributed by atoms with E-state index in [0.29, 0.717) is 20.8 Å². The average molecular weight is 327 g/mol. The van der Waals surface area contributed by atoms with Crippen LogP contribution in [0.5, 0.6) is 5.75 Å². The molecule has 0 aliphatic carbocycles. The fraction of sp³-hybridized carbons (Fsp3) is 0.0714. The lowest BCUT2D eigenvalue weighted by Gasteiger charge is -2.12. The Morgan fingerprint density at radius 2 is 1.90 bits per heavy atom. The van der Waals surface area contributed by atoms with Crippen molar-refractivity contribution in [2.24, 2.45) is 0 Å². The highest BCUT2D eigenvalue weighted by Gasteiger charge is 2.04. The minimum Gasteiger partial charge on any atom is -0.497 e. The fourth-order valence-corrected chi connectivity index (χ4v) is 2.26. The lowest BCUT2D eigenvalue weighted by atomic mass is 10.3. The molecule has 0 aliphatic rings. The minimum atomic E-state index is 0.433. The van der Waals surface area contributed by atoms with E-state index >= 15 is 0 Å². The van der Waals surface area contributed by atoms with Crippen molar-refractivity contribution in [1.29, 1.82) is 0 Å². The first-order valence-electron chi connectivity index (χ1n) is 5.75. The zero-order valence-corrected chi connectivity index (χ0v) is 12.9. The Hall–Kier alpha value is -1.49. The lowest BCUT2D eigenvalue weighted by Crippen LogP contribution is -2.19. The summed E-state index contributed by atoms with van der Waals surface area (Å²) in [6, 6.07) is 12.6. The number of benzene rings is 2. The normalized spacial score (nSPS) is 9.95. The van der Waals surface area contributed by atoms with Crippen molar-refractivity contribution in [2.75, 3.05) is 17.7 Å². The van der Waals surface area contributed by atoms with Crippen LogP contribution in [-0.4, -0.2) is 12.2 Å². The summed E-state index contributed by atoms with van der Waals surface area (Å²) in [5.41, 5.74) is 1.52. The number of thiocarbonyl (C=S) groups is 1. The van der Waals surface area contributed by atoms with Gasteiger partial charge in [-0.1, -0.05) is 29.3 Å². The van der Waals surface area contributed by atoms with Gasteiger partial charge in [0.15, 0.2) is 5.11 Å². The summed E-state index contributed by atoms with van der Waals surface area (Å²) in [5.74, 6) is 0.752. The maximum absolute atomic E-state index is 6.07. The lowest BCUT2D eigenvalue weighted by molar-refractivity contribution is 0.415. The minimum absolute atomic E-state index is 0.433. The van der Waals surface area contributed by atoms with E-state index in [1.54, 1.807) is 25.3 Å². The van der Waals surface area contributed by atoms with E-state index in [0.717, 1.165) is 11.4 Å². The van der Waals surface area contributed by atoms with Gasteiger partial charge in [-0.05, 0) is 42.5 Å². The molecule has 0 aliphatic heterocycles. The number of hydrogen-bond donors (Lipinski definition) is 2. The van der Waals surface area contributed by atoms with Gasteiger partial charge < -0.3 is 15.4 Å². The first-order chi connectivity index (χ1) is 9.58. The van der Waals surface area contributed by atoms with Crippen LogP contribution in [0.1, 0.15) is 0 Å². The van der Waals surface area contributed by atoms with E-state index < -0.39 is 0 Å². The smallest absolute Gasteiger partial charge is 0.175 e. The summed E-state index contributed by atoms with van der Waals surface area (Å²) in [6.07, 6.45) is 0. The van der Waals surface area contributed by atoms with Crippen molar-refractivity contribution in [3.05, 3.63) is 52.5 Å². The van der Waals surface area contributed by atoms with Gasteiger partial charge >= 0.3 is 0 Å². The molecule has 0 saturated heterocycles. The largest absolute Gasteiger partial charge is 0.497 e. The summed E-state index contributed by atoms with van der Waals surface area (Å²) in [6.45, 7) is 0. The summed E-state index contributed by atoms with van der Waals surface area (Å²) in [5, 5.41) is 7.58. The zero-order valence-electron chi connectivity index (χ0n) is 10.6. The molecule has 0 saturated carbocycles. The molecule has 0 heterocycles. The van der Waals surface area contributed by atoms with Gasteiger partial charge in [0.1, 0.15) is 5.75 Å². The molecular weight excluding hydrogens is 315 g/mol. The van der Waals surface area contributed by atoms with Crippen molar-refractivity contribution in [1.82, 2.24) is 0 Å². The standard InChI is InChI=1S/C14H12Cl2N2OS/c1-19-11-4-2-3-10(8-11)17-14(20)18-13-6-5-9(15)7-12(13)16/h2-8H,1H3,(H2,17,18,20). The van der Waals surface area contributed by atoms with Crippen molar-refractivity contribution in [3.63, 3.8) is 0 Å². The number of nitrogens with one attached hydrogen (secondary N) is 2. The molecule has 104 valence electrons. The van der Waals surface area contributed by atoms with Crippen LogP contribution >= 0.6 is 35.4 Å². The van der Waals surface area contributed by atoms with E-state index in [-0.39, 0.29) is 0 Å². The molecule has 0 spiro atoms. The summed E-state index contributed by atoms with van der Waals surface area (Å²) < 4.78 is 5.15. The number of halogens is 2. The number of hydrogen-bond acceptors (Lipinski definition) is 2. The van der Waals surface area contributed by atoms with Crippen LogP contribution in [0, 0.1) is 0 Å². The molecule has 0 aromatic heterocycles. The molecule has 2 rings (SSSR count). The monoisotopic (exact) mass is 326 g/mol. The van der Waals surface area contributed by atoms with E-state index in [9.17, 15) is 0 Å². The molecule has 2 aromatic carbocycles. The quantitative estimate of drug-likeness (QED) is 0.793. The predicted octanol–water partition coefficient (Wildman–Crippen LogP) is 4.81. The maximum atomic E-state index is 6.07. The third kappa shape index (κ3) is 4.00. The van der Waals surface area contributed by atoms with Gasteiger partial charge in [0, 0.05) is 16.8 Å². The van der Waals surface area contributed by atoms with Crippen LogP contribution in [0.15, 0.2) is 42.5 Å². The topological polar surface area (TPSA) is 33.3 Å². The van der Waals surface area contributed by atoms with Crippen LogP contribution < -0.4 is 15.4 Å². The second-order valence-corrected chi connectivity index (χ2v) is 5.19. The van der Waals surface area contributed by atoms with Gasteiger partial charge in [-0.25, -0.2) is 0 Å². The first-order valence-corrected chi connectivity index (χ1v) is 6.92. The van der Waals surface area contributed by atoms with Crippen LogP contribution in [0.2, 0.25) is 10.0 Å². The van der Waals surface area contributed by atoms with Gasteiger partial charge in [0.25, 0.3) is 0 Å². The average Bonchev–Trinajstić information content (AvgIpc) is 2.42. The Morgan fingerprint density at radius 1 is 1.10 bits per heavy atom. The van der Waals surface area contributed by atoms with Gasteiger partial charge in [-0.2, -0.15) is 0 Å². The van der Waals surface area contributed by atoms with Crippen LogP contribution in [0.3, 0.4) is 0 Å². The second kappa shape index (κ2) is 6.79. The molecule has 20 heavy (non-hydrogen) atoms. The second-order valence-electron chi connectivity index (χ2n) is 3.94. The highest BCUT2D eigenvalue weighted by molar-refractivity contribution is 7.80. The molecule has 6 heteroatoms. The Balaban J connectivity index is 2.05. The fourth-order valence-electron chi connectivity index (χ4n) is 1.58. The van der Waals surface area contributed by atoms with Crippen molar-refractivity contribution in [2.45, 2.75) is 0 Å². The van der Waals surface area contributed by atoms with E-state index in [1.165, 1.54) is 0 Å². The number of anilines is 2. The van der Waals surface area contributed by atoms with E-state index in [1.807, 2.05) is 24.3 Å². The Morgan fingerprint density at radius 3 is 2.60 bits per heavy atom. The predicted molar refractivity (Wildman–Crippen MR) is 89.3 cm³/mol. The number of methoxy groups -OCH3 is 1. The molecule has 0 bridgehead atoms. The summed E-state index contributed by atoms with van der Waals surface area (Å²) in [7, 11) is 1.61. The highest BCUT2D eigenvalue weighted by atomic mass is 35.5. The molecule has 3 nitrogen and oxygen atoms in total. The van der Waals surface area contributed by atoms with Gasteiger partial charge in [0.2, 0.25) is 0 Å². The van der Waals surface area contributed by atoms with Gasteiger partial charge in [0.05, 0.1) is 17.8 Å². The molecule has 0 atom stereocenters. The van der Waals surface area contributed by atoms with Crippen molar-refractivity contribution in [3.8, 4) is 5.75 Å². The molecule has 0 radical (unpaired) electrons. The SMILES string of the molecule is COc1cccc(NC(=S)Nc2ccc(Cl)cc2Cl)c1. The molecule has 0 unspecified atom stereocenters. The summed E-state index contributed by atoms with van der Waals surface area (Å²) >= 11 is 17.1. The molecule has 2 N–H and O–H groups in total.